The molecule has 4 heterocycles. The molecule has 1 atom stereocenters. The van der Waals surface area contributed by atoms with Gasteiger partial charge in [-0.1, -0.05) is 23.9 Å². The average molecular weight is 555 g/mol. The summed E-state index contributed by atoms with van der Waals surface area (Å²) in [5.74, 6) is 1.74. The van der Waals surface area contributed by atoms with E-state index in [2.05, 4.69) is 15.2 Å². The van der Waals surface area contributed by atoms with Gasteiger partial charge in [-0.15, -0.1) is 10.2 Å². The minimum absolute atomic E-state index is 0.0299. The van der Waals surface area contributed by atoms with Gasteiger partial charge in [0.05, 0.1) is 36.7 Å². The molecule has 1 amide bonds. The van der Waals surface area contributed by atoms with E-state index in [1.807, 2.05) is 11.1 Å². The second-order valence-corrected chi connectivity index (χ2v) is 12.0. The van der Waals surface area contributed by atoms with Gasteiger partial charge in [0, 0.05) is 31.6 Å². The van der Waals surface area contributed by atoms with Crippen molar-refractivity contribution in [3.8, 4) is 11.5 Å². The molecule has 1 aromatic heterocycles. The molecule has 0 bridgehead atoms. The molecular formula is C25H26N6O5S2. The van der Waals surface area contributed by atoms with E-state index in [1.165, 1.54) is 22.8 Å². The van der Waals surface area contributed by atoms with Gasteiger partial charge in [-0.2, -0.15) is 3.97 Å². The molecule has 3 aromatic rings. The number of carbonyl (C=O) groups is 1. The van der Waals surface area contributed by atoms with Gasteiger partial charge in [0.1, 0.15) is 4.90 Å². The third-order valence-corrected chi connectivity index (χ3v) is 9.71. The van der Waals surface area contributed by atoms with Crippen LogP contribution in [0.5, 0.6) is 11.5 Å². The number of anilines is 2. The molecule has 0 N–H and O–H groups in total. The second kappa shape index (κ2) is 9.62. The minimum Gasteiger partial charge on any atom is -0.493 e. The molecule has 1 saturated heterocycles. The Morgan fingerprint density at radius 2 is 2.00 bits per heavy atom. The van der Waals surface area contributed by atoms with Crippen molar-refractivity contribution in [2.24, 2.45) is 4.99 Å². The molecule has 38 heavy (non-hydrogen) atoms. The Hall–Kier alpha value is -3.58. The van der Waals surface area contributed by atoms with Gasteiger partial charge in [0.15, 0.2) is 11.5 Å². The van der Waals surface area contributed by atoms with Gasteiger partial charge in [-0.05, 0) is 37.5 Å². The molecular weight excluding hydrogens is 528 g/mol. The number of benzene rings is 2. The summed E-state index contributed by atoms with van der Waals surface area (Å²) >= 11 is 1.30. The number of nitrogens with zero attached hydrogens (tertiary/aromatic N) is 6. The van der Waals surface area contributed by atoms with E-state index in [0.717, 1.165) is 19.4 Å². The minimum atomic E-state index is -3.80. The van der Waals surface area contributed by atoms with Crippen LogP contribution in [0.25, 0.3) is 0 Å². The first-order valence-electron chi connectivity index (χ1n) is 12.3. The summed E-state index contributed by atoms with van der Waals surface area (Å²) in [5.41, 5.74) is 1.65. The standard InChI is InChI=1S/C25H26N6O5S2/c1-29-19-8-3-4-9-22(19)38(33,34)31-24(29)27-28-25(31)37-12-6-11-36-21-14-18-17(13-20(21)35-2)23(32)30-10-5-7-16(30)15-26-18/h3-4,8-9,13-16H,5-7,10-12H2,1-2H3/t16-/m0/s1. The van der Waals surface area contributed by atoms with Crippen molar-refractivity contribution in [1.82, 2.24) is 19.1 Å². The summed E-state index contributed by atoms with van der Waals surface area (Å²) < 4.78 is 39.2. The van der Waals surface area contributed by atoms with Crippen LogP contribution in [0.2, 0.25) is 0 Å². The fraction of sp³-hybridized carbons (Fsp3) is 0.360. The molecule has 0 radical (unpaired) electrons. The summed E-state index contributed by atoms with van der Waals surface area (Å²) in [6, 6.07) is 10.3. The first-order valence-corrected chi connectivity index (χ1v) is 14.7. The highest BCUT2D eigenvalue weighted by Gasteiger charge is 2.36. The summed E-state index contributed by atoms with van der Waals surface area (Å²) in [5, 5.41) is 8.57. The smallest absolute Gasteiger partial charge is 0.274 e. The lowest BCUT2D eigenvalue weighted by molar-refractivity contribution is 0.0774. The maximum atomic E-state index is 13.3. The van der Waals surface area contributed by atoms with Crippen LogP contribution < -0.4 is 14.4 Å². The van der Waals surface area contributed by atoms with Gasteiger partial charge in [0.2, 0.25) is 11.1 Å². The Morgan fingerprint density at radius 3 is 2.84 bits per heavy atom. The number of aromatic nitrogens is 3. The van der Waals surface area contributed by atoms with E-state index in [4.69, 9.17) is 9.47 Å². The van der Waals surface area contributed by atoms with Crippen molar-refractivity contribution in [2.45, 2.75) is 35.4 Å². The average Bonchev–Trinajstić information content (AvgIpc) is 3.55. The molecule has 6 rings (SSSR count). The van der Waals surface area contributed by atoms with Gasteiger partial charge in [-0.25, -0.2) is 8.42 Å². The number of carbonyl (C=O) groups excluding carboxylic acids is 1. The highest BCUT2D eigenvalue weighted by atomic mass is 32.2. The van der Waals surface area contributed by atoms with Crippen LogP contribution in [0.1, 0.15) is 29.6 Å². The van der Waals surface area contributed by atoms with Crippen molar-refractivity contribution in [3.63, 3.8) is 0 Å². The Bertz CT molecular complexity index is 1550. The van der Waals surface area contributed by atoms with Crippen LogP contribution in [0.4, 0.5) is 17.3 Å². The predicted octanol–water partition coefficient (Wildman–Crippen LogP) is 3.49. The quantitative estimate of drug-likeness (QED) is 0.319. The normalized spacial score (nSPS) is 18.9. The van der Waals surface area contributed by atoms with Crippen LogP contribution >= 0.6 is 11.8 Å². The van der Waals surface area contributed by atoms with Crippen LogP contribution in [0.3, 0.4) is 0 Å². The SMILES string of the molecule is COc1cc2c(cc1OCCCSc1nnc3n1S(=O)(=O)c1ccccc1N3C)N=C[C@@H]1CCCN1C2=O. The number of amides is 1. The first kappa shape index (κ1) is 24.7. The van der Waals surface area contributed by atoms with Crippen LogP contribution in [-0.2, 0) is 10.0 Å². The van der Waals surface area contributed by atoms with E-state index >= 15 is 0 Å². The molecule has 0 unspecified atom stereocenters. The third kappa shape index (κ3) is 4.00. The lowest BCUT2D eigenvalue weighted by Crippen LogP contribution is -2.35. The number of aliphatic imine (C=N–C) groups is 1. The topological polar surface area (TPSA) is 119 Å². The molecule has 11 nitrogen and oxygen atoms in total. The van der Waals surface area contributed by atoms with Gasteiger partial charge in [0.25, 0.3) is 15.9 Å². The summed E-state index contributed by atoms with van der Waals surface area (Å²) in [4.78, 5) is 21.4. The van der Waals surface area contributed by atoms with Gasteiger partial charge in [-0.3, -0.25) is 9.79 Å². The zero-order chi connectivity index (χ0) is 26.4. The number of methoxy groups -OCH3 is 1. The lowest BCUT2D eigenvalue weighted by atomic mass is 10.1. The predicted molar refractivity (Wildman–Crippen MR) is 143 cm³/mol. The maximum absolute atomic E-state index is 13.3. The maximum Gasteiger partial charge on any atom is 0.274 e. The number of rotatable bonds is 7. The second-order valence-electron chi connectivity index (χ2n) is 9.14. The first-order chi connectivity index (χ1) is 18.4. The largest absolute Gasteiger partial charge is 0.493 e. The molecule has 13 heteroatoms. The Kier molecular flexibility index (Phi) is 6.26. The van der Waals surface area contributed by atoms with Crippen molar-refractivity contribution in [3.05, 3.63) is 42.0 Å². The van der Waals surface area contributed by atoms with Gasteiger partial charge >= 0.3 is 0 Å². The van der Waals surface area contributed by atoms with Crippen molar-refractivity contribution < 1.29 is 22.7 Å². The van der Waals surface area contributed by atoms with E-state index in [1.54, 1.807) is 48.3 Å². The van der Waals surface area contributed by atoms with Crippen LogP contribution in [-0.4, -0.2) is 78.7 Å². The fourth-order valence-electron chi connectivity index (χ4n) is 4.94. The number of thioether (sulfide) groups is 1. The zero-order valence-electron chi connectivity index (χ0n) is 20.9. The van der Waals surface area contributed by atoms with E-state index in [9.17, 15) is 13.2 Å². The van der Waals surface area contributed by atoms with Gasteiger partial charge < -0.3 is 19.3 Å². The Labute approximate surface area is 224 Å². The lowest BCUT2D eigenvalue weighted by Gasteiger charge is -2.27. The summed E-state index contributed by atoms with van der Waals surface area (Å²) in [7, 11) is -0.493. The highest BCUT2D eigenvalue weighted by molar-refractivity contribution is 8.00. The fourth-order valence-corrected chi connectivity index (χ4v) is 7.67. The molecule has 0 spiro atoms. The third-order valence-electron chi connectivity index (χ3n) is 6.86. The molecule has 0 aliphatic carbocycles. The molecule has 0 saturated carbocycles. The number of fused-ring (bicyclic) bond motifs is 4. The Balaban J connectivity index is 1.13. The summed E-state index contributed by atoms with van der Waals surface area (Å²) in [6.45, 7) is 1.08. The van der Waals surface area contributed by atoms with E-state index < -0.39 is 10.0 Å². The van der Waals surface area contributed by atoms with Crippen LogP contribution in [0, 0.1) is 0 Å². The molecule has 3 aliphatic rings. The van der Waals surface area contributed by atoms with Crippen molar-refractivity contribution in [2.75, 3.05) is 38.0 Å². The van der Waals surface area contributed by atoms with E-state index in [0.29, 0.717) is 52.4 Å². The number of ether oxygens (including phenoxy) is 2. The monoisotopic (exact) mass is 554 g/mol. The molecule has 3 aliphatic heterocycles. The summed E-state index contributed by atoms with van der Waals surface area (Å²) in [6.07, 6.45) is 4.34. The van der Waals surface area contributed by atoms with Crippen LogP contribution in [0.15, 0.2) is 51.4 Å². The number of para-hydroxylation sites is 1. The van der Waals surface area contributed by atoms with Crippen molar-refractivity contribution >= 4 is 51.2 Å². The number of hydrogen-bond acceptors (Lipinski definition) is 10. The molecule has 198 valence electrons. The Morgan fingerprint density at radius 1 is 1.16 bits per heavy atom. The molecule has 1 fully saturated rings. The zero-order valence-corrected chi connectivity index (χ0v) is 22.5. The number of hydrogen-bond donors (Lipinski definition) is 0. The van der Waals surface area contributed by atoms with Crippen molar-refractivity contribution in [1.29, 1.82) is 0 Å². The van der Waals surface area contributed by atoms with E-state index in [-0.39, 0.29) is 22.8 Å². The highest BCUT2D eigenvalue weighted by Crippen LogP contribution is 2.40. The molecule has 2 aromatic carbocycles.